The van der Waals surface area contributed by atoms with E-state index in [1.54, 1.807) is 6.92 Å². The highest BCUT2D eigenvalue weighted by Gasteiger charge is 2.18. The fourth-order valence-corrected chi connectivity index (χ4v) is 2.53. The number of hydrogen-bond acceptors (Lipinski definition) is 4. The van der Waals surface area contributed by atoms with Crippen molar-refractivity contribution in [2.45, 2.75) is 11.8 Å². The van der Waals surface area contributed by atoms with Crippen LogP contribution in [-0.4, -0.2) is 36.8 Å². The molecule has 18 heavy (non-hydrogen) atoms. The van der Waals surface area contributed by atoms with Crippen LogP contribution in [0.5, 0.6) is 0 Å². The zero-order valence-electron chi connectivity index (χ0n) is 10.3. The molecule has 1 aromatic carbocycles. The number of H-pyrrole nitrogens is 1. The van der Waals surface area contributed by atoms with Crippen LogP contribution in [0.4, 0.5) is 0 Å². The van der Waals surface area contributed by atoms with Gasteiger partial charge in [-0.25, -0.2) is 17.7 Å². The van der Waals surface area contributed by atoms with Gasteiger partial charge in [-0.15, -0.1) is 0 Å². The van der Waals surface area contributed by atoms with Crippen LogP contribution in [0.25, 0.3) is 10.9 Å². The van der Waals surface area contributed by atoms with Crippen molar-refractivity contribution in [3.63, 3.8) is 0 Å². The lowest BCUT2D eigenvalue weighted by atomic mass is 10.2. The van der Waals surface area contributed by atoms with Gasteiger partial charge in [-0.05, 0) is 25.1 Å². The van der Waals surface area contributed by atoms with Crippen LogP contribution in [0.1, 0.15) is 5.82 Å². The van der Waals surface area contributed by atoms with E-state index in [-0.39, 0.29) is 15.8 Å². The predicted molar refractivity (Wildman–Crippen MR) is 68.0 cm³/mol. The fraction of sp³-hybridized carbons (Fsp3) is 0.273. The van der Waals surface area contributed by atoms with E-state index < -0.39 is 10.0 Å². The van der Waals surface area contributed by atoms with Gasteiger partial charge < -0.3 is 4.98 Å². The Kier molecular flexibility index (Phi) is 2.95. The number of rotatable bonds is 2. The Bertz CT molecular complexity index is 763. The van der Waals surface area contributed by atoms with Crippen LogP contribution >= 0.6 is 0 Å². The first kappa shape index (κ1) is 12.7. The molecule has 0 saturated carbocycles. The largest absolute Gasteiger partial charge is 0.310 e. The average Bonchev–Trinajstić information content (AvgIpc) is 2.27. The van der Waals surface area contributed by atoms with E-state index in [4.69, 9.17) is 0 Å². The topological polar surface area (TPSA) is 83.1 Å². The summed E-state index contributed by atoms with van der Waals surface area (Å²) in [6.45, 7) is 1.67. The van der Waals surface area contributed by atoms with E-state index in [1.165, 1.54) is 32.3 Å². The number of nitrogens with one attached hydrogen (secondary N) is 1. The lowest BCUT2D eigenvalue weighted by molar-refractivity contribution is 0.521. The van der Waals surface area contributed by atoms with Crippen LogP contribution in [-0.2, 0) is 10.0 Å². The summed E-state index contributed by atoms with van der Waals surface area (Å²) in [5.41, 5.74) is 0.141. The molecule has 0 aliphatic carbocycles. The van der Waals surface area contributed by atoms with E-state index in [1.807, 2.05) is 0 Å². The molecule has 6 nitrogen and oxygen atoms in total. The number of fused-ring (bicyclic) bond motifs is 1. The molecule has 96 valence electrons. The molecule has 0 unspecified atom stereocenters. The smallest absolute Gasteiger partial charge is 0.258 e. The standard InChI is InChI=1S/C11H13N3O3S/c1-7-12-10-5-4-8(18(16,17)14(2)3)6-9(10)11(15)13-7/h4-6H,1-3H3,(H,12,13,15). The number of aryl methyl sites for hydroxylation is 1. The molecule has 2 aromatic rings. The number of sulfonamides is 1. The van der Waals surface area contributed by atoms with E-state index in [2.05, 4.69) is 9.97 Å². The minimum Gasteiger partial charge on any atom is -0.310 e. The van der Waals surface area contributed by atoms with Crippen molar-refractivity contribution in [2.75, 3.05) is 14.1 Å². The van der Waals surface area contributed by atoms with E-state index >= 15 is 0 Å². The molecule has 1 heterocycles. The Morgan fingerprint density at radius 3 is 2.56 bits per heavy atom. The van der Waals surface area contributed by atoms with Crippen molar-refractivity contribution >= 4 is 20.9 Å². The number of nitrogens with zero attached hydrogens (tertiary/aromatic N) is 2. The van der Waals surface area contributed by atoms with Gasteiger partial charge in [0.1, 0.15) is 5.82 Å². The summed E-state index contributed by atoms with van der Waals surface area (Å²) in [6.07, 6.45) is 0. The Labute approximate surface area is 104 Å². The fourth-order valence-electron chi connectivity index (χ4n) is 1.61. The first-order chi connectivity index (χ1) is 8.32. The summed E-state index contributed by atoms with van der Waals surface area (Å²) in [7, 11) is -0.659. The third kappa shape index (κ3) is 2.02. The summed E-state index contributed by atoms with van der Waals surface area (Å²) in [4.78, 5) is 18.5. The van der Waals surface area contributed by atoms with E-state index in [9.17, 15) is 13.2 Å². The van der Waals surface area contributed by atoms with Crippen molar-refractivity contribution in [3.05, 3.63) is 34.4 Å². The van der Waals surface area contributed by atoms with Crippen LogP contribution in [0.3, 0.4) is 0 Å². The van der Waals surface area contributed by atoms with Crippen molar-refractivity contribution in [1.29, 1.82) is 0 Å². The molecule has 0 fully saturated rings. The SMILES string of the molecule is Cc1nc2ccc(S(=O)(=O)N(C)C)cc2c(=O)[nH]1. The number of benzene rings is 1. The third-order valence-corrected chi connectivity index (χ3v) is 4.38. The van der Waals surface area contributed by atoms with E-state index in [0.29, 0.717) is 11.3 Å². The van der Waals surface area contributed by atoms with E-state index in [0.717, 1.165) is 4.31 Å². The molecule has 1 aromatic heterocycles. The maximum absolute atomic E-state index is 11.9. The third-order valence-electron chi connectivity index (χ3n) is 2.57. The summed E-state index contributed by atoms with van der Waals surface area (Å²) < 4.78 is 25.0. The molecular formula is C11H13N3O3S. The molecule has 2 rings (SSSR count). The Balaban J connectivity index is 2.77. The van der Waals surface area contributed by atoms with Gasteiger partial charge >= 0.3 is 0 Å². The quantitative estimate of drug-likeness (QED) is 0.858. The van der Waals surface area contributed by atoms with Crippen LogP contribution < -0.4 is 5.56 Å². The second kappa shape index (κ2) is 4.18. The van der Waals surface area contributed by atoms with Gasteiger partial charge in [0, 0.05) is 14.1 Å². The van der Waals surface area contributed by atoms with Crippen LogP contribution in [0, 0.1) is 6.92 Å². The molecule has 1 N–H and O–H groups in total. The number of hydrogen-bond donors (Lipinski definition) is 1. The minimum atomic E-state index is -3.54. The predicted octanol–water partition coefficient (Wildman–Crippen LogP) is 0.482. The Hall–Kier alpha value is -1.73. The molecule has 0 amide bonds. The maximum Gasteiger partial charge on any atom is 0.258 e. The highest BCUT2D eigenvalue weighted by atomic mass is 32.2. The minimum absolute atomic E-state index is 0.0798. The van der Waals surface area contributed by atoms with Gasteiger partial charge in [0.25, 0.3) is 5.56 Å². The van der Waals surface area contributed by atoms with Gasteiger partial charge in [-0.1, -0.05) is 0 Å². The molecule has 0 saturated heterocycles. The molecule has 0 aliphatic heterocycles. The zero-order chi connectivity index (χ0) is 13.5. The van der Waals surface area contributed by atoms with Gasteiger partial charge in [0.05, 0.1) is 15.8 Å². The molecule has 0 bridgehead atoms. The molecular weight excluding hydrogens is 254 g/mol. The van der Waals surface area contributed by atoms with Crippen molar-refractivity contribution < 1.29 is 8.42 Å². The number of aromatic amines is 1. The Morgan fingerprint density at radius 1 is 1.28 bits per heavy atom. The monoisotopic (exact) mass is 267 g/mol. The van der Waals surface area contributed by atoms with Gasteiger partial charge in [-0.3, -0.25) is 4.79 Å². The summed E-state index contributed by atoms with van der Waals surface area (Å²) in [6, 6.07) is 4.33. The zero-order valence-corrected chi connectivity index (χ0v) is 11.1. The lowest BCUT2D eigenvalue weighted by Gasteiger charge is -2.11. The lowest BCUT2D eigenvalue weighted by Crippen LogP contribution is -2.22. The molecule has 0 aliphatic rings. The molecule has 0 atom stereocenters. The van der Waals surface area contributed by atoms with Crippen molar-refractivity contribution in [1.82, 2.24) is 14.3 Å². The summed E-state index contributed by atoms with van der Waals surface area (Å²) in [5, 5.41) is 0.267. The number of aromatic nitrogens is 2. The maximum atomic E-state index is 11.9. The van der Waals surface area contributed by atoms with Crippen LogP contribution in [0.15, 0.2) is 27.9 Å². The molecule has 7 heteroatoms. The highest BCUT2D eigenvalue weighted by molar-refractivity contribution is 7.89. The summed E-state index contributed by atoms with van der Waals surface area (Å²) >= 11 is 0. The first-order valence-corrected chi connectivity index (χ1v) is 6.69. The average molecular weight is 267 g/mol. The second-order valence-electron chi connectivity index (χ2n) is 4.12. The van der Waals surface area contributed by atoms with Gasteiger partial charge in [-0.2, -0.15) is 0 Å². The van der Waals surface area contributed by atoms with Crippen LogP contribution in [0.2, 0.25) is 0 Å². The second-order valence-corrected chi connectivity index (χ2v) is 6.27. The highest BCUT2D eigenvalue weighted by Crippen LogP contribution is 2.17. The van der Waals surface area contributed by atoms with Crippen molar-refractivity contribution in [2.24, 2.45) is 0 Å². The normalized spacial score (nSPS) is 12.2. The van der Waals surface area contributed by atoms with Gasteiger partial charge in [0.15, 0.2) is 0 Å². The first-order valence-electron chi connectivity index (χ1n) is 5.25. The molecule has 0 radical (unpaired) electrons. The van der Waals surface area contributed by atoms with Gasteiger partial charge in [0.2, 0.25) is 10.0 Å². The Morgan fingerprint density at radius 2 is 1.94 bits per heavy atom. The van der Waals surface area contributed by atoms with Crippen molar-refractivity contribution in [3.8, 4) is 0 Å². The molecule has 0 spiro atoms. The summed E-state index contributed by atoms with van der Waals surface area (Å²) in [5.74, 6) is 0.496.